The Morgan fingerprint density at radius 2 is 2.00 bits per heavy atom. The van der Waals surface area contributed by atoms with Gasteiger partial charge in [0.2, 0.25) is 5.91 Å². The maximum absolute atomic E-state index is 12.4. The number of para-hydroxylation sites is 2. The maximum Gasteiger partial charge on any atom is 0.220 e. The van der Waals surface area contributed by atoms with Gasteiger partial charge in [-0.2, -0.15) is 0 Å². The van der Waals surface area contributed by atoms with E-state index in [9.17, 15) is 4.79 Å². The van der Waals surface area contributed by atoms with Crippen LogP contribution in [-0.2, 0) is 11.2 Å². The van der Waals surface area contributed by atoms with Gasteiger partial charge in [-0.15, -0.1) is 0 Å². The molecular weight excluding hydrogens is 334 g/mol. The molecule has 1 heterocycles. The number of rotatable bonds is 6. The molecule has 0 aliphatic rings. The maximum atomic E-state index is 12.4. The van der Waals surface area contributed by atoms with Crippen LogP contribution in [0, 0.1) is 5.92 Å². The Hall–Kier alpha value is -2.33. The van der Waals surface area contributed by atoms with Crippen molar-refractivity contribution in [3.63, 3.8) is 0 Å². The molecule has 0 fully saturated rings. The molecule has 2 N–H and O–H groups in total. The molecule has 0 spiro atoms. The van der Waals surface area contributed by atoms with Crippen LogP contribution in [0.4, 0.5) is 0 Å². The van der Waals surface area contributed by atoms with Gasteiger partial charge in [0.15, 0.2) is 0 Å². The first-order valence-corrected chi connectivity index (χ1v) is 8.89. The third kappa shape index (κ3) is 4.40. The number of imidazole rings is 1. The predicted octanol–water partition coefficient (Wildman–Crippen LogP) is 4.66. The molecule has 1 amide bonds. The van der Waals surface area contributed by atoms with Gasteiger partial charge < -0.3 is 10.3 Å². The fraction of sp³-hybridized carbons (Fsp3) is 0.300. The predicted molar refractivity (Wildman–Crippen MR) is 102 cm³/mol. The molecule has 0 radical (unpaired) electrons. The Bertz CT molecular complexity index is 839. The Balaban J connectivity index is 1.68. The zero-order chi connectivity index (χ0) is 17.8. The van der Waals surface area contributed by atoms with Crippen LogP contribution in [0.15, 0.2) is 48.5 Å². The Morgan fingerprint density at radius 3 is 2.72 bits per heavy atom. The summed E-state index contributed by atoms with van der Waals surface area (Å²) < 4.78 is 0. The summed E-state index contributed by atoms with van der Waals surface area (Å²) in [6.45, 7) is 4.16. The number of amides is 1. The first-order chi connectivity index (χ1) is 12.0. The standard InChI is InChI=1S/C20H22ClN3O/c1-13(2)19(20-22-16-8-3-4-9-17(16)23-20)24-18(25)11-10-14-6-5-7-15(21)12-14/h3-9,12-13,19H,10-11H2,1-2H3,(H,22,23)(H,24,25). The fourth-order valence-electron chi connectivity index (χ4n) is 2.87. The number of aromatic amines is 1. The largest absolute Gasteiger partial charge is 0.346 e. The highest BCUT2D eigenvalue weighted by Crippen LogP contribution is 2.22. The third-order valence-corrected chi connectivity index (χ3v) is 4.45. The van der Waals surface area contributed by atoms with E-state index >= 15 is 0 Å². The summed E-state index contributed by atoms with van der Waals surface area (Å²) in [4.78, 5) is 20.4. The van der Waals surface area contributed by atoms with E-state index in [0.717, 1.165) is 22.4 Å². The van der Waals surface area contributed by atoms with Crippen molar-refractivity contribution >= 4 is 28.5 Å². The Labute approximate surface area is 152 Å². The zero-order valence-corrected chi connectivity index (χ0v) is 15.2. The second kappa shape index (κ2) is 7.70. The number of nitrogens with one attached hydrogen (secondary N) is 2. The number of H-pyrrole nitrogens is 1. The first kappa shape index (κ1) is 17.5. The average Bonchev–Trinajstić information content (AvgIpc) is 3.01. The van der Waals surface area contributed by atoms with Crippen molar-refractivity contribution in [1.82, 2.24) is 15.3 Å². The molecule has 3 aromatic rings. The molecule has 1 unspecified atom stereocenters. The van der Waals surface area contributed by atoms with E-state index < -0.39 is 0 Å². The molecule has 0 bridgehead atoms. The summed E-state index contributed by atoms with van der Waals surface area (Å²) in [6, 6.07) is 15.4. The minimum atomic E-state index is -0.140. The van der Waals surface area contributed by atoms with Gasteiger partial charge in [-0.05, 0) is 42.2 Å². The number of carbonyl (C=O) groups excluding carboxylic acids is 1. The third-order valence-electron chi connectivity index (χ3n) is 4.22. The number of benzene rings is 2. The topological polar surface area (TPSA) is 57.8 Å². The molecule has 0 aliphatic carbocycles. The molecule has 2 aromatic carbocycles. The molecular formula is C20H22ClN3O. The first-order valence-electron chi connectivity index (χ1n) is 8.51. The molecule has 1 atom stereocenters. The van der Waals surface area contributed by atoms with Crippen molar-refractivity contribution in [3.8, 4) is 0 Å². The lowest BCUT2D eigenvalue weighted by Gasteiger charge is -2.20. The fourth-order valence-corrected chi connectivity index (χ4v) is 3.08. The van der Waals surface area contributed by atoms with Crippen LogP contribution in [0.2, 0.25) is 5.02 Å². The molecule has 3 rings (SSSR count). The lowest BCUT2D eigenvalue weighted by molar-refractivity contribution is -0.122. The smallest absolute Gasteiger partial charge is 0.220 e. The van der Waals surface area contributed by atoms with Crippen molar-refractivity contribution in [3.05, 3.63) is 64.9 Å². The van der Waals surface area contributed by atoms with Crippen molar-refractivity contribution in [1.29, 1.82) is 0 Å². The Morgan fingerprint density at radius 1 is 1.20 bits per heavy atom. The van der Waals surface area contributed by atoms with Gasteiger partial charge in [-0.25, -0.2) is 4.98 Å². The number of fused-ring (bicyclic) bond motifs is 1. The van der Waals surface area contributed by atoms with Crippen molar-refractivity contribution < 1.29 is 4.79 Å². The summed E-state index contributed by atoms with van der Waals surface area (Å²) >= 11 is 5.99. The van der Waals surface area contributed by atoms with Crippen LogP contribution in [-0.4, -0.2) is 15.9 Å². The van der Waals surface area contributed by atoms with E-state index in [0.29, 0.717) is 17.9 Å². The van der Waals surface area contributed by atoms with Gasteiger partial charge in [0.1, 0.15) is 5.82 Å². The molecule has 0 aliphatic heterocycles. The van der Waals surface area contributed by atoms with Gasteiger partial charge in [-0.3, -0.25) is 4.79 Å². The monoisotopic (exact) mass is 355 g/mol. The number of aryl methyl sites for hydroxylation is 1. The van der Waals surface area contributed by atoms with Gasteiger partial charge in [0, 0.05) is 11.4 Å². The minimum Gasteiger partial charge on any atom is -0.346 e. The number of aromatic nitrogens is 2. The second-order valence-corrected chi connectivity index (χ2v) is 6.99. The minimum absolute atomic E-state index is 0.0131. The van der Waals surface area contributed by atoms with E-state index in [1.807, 2.05) is 48.5 Å². The van der Waals surface area contributed by atoms with E-state index in [2.05, 4.69) is 29.1 Å². The average molecular weight is 356 g/mol. The molecule has 4 nitrogen and oxygen atoms in total. The van der Waals surface area contributed by atoms with Gasteiger partial charge in [0.25, 0.3) is 0 Å². The number of hydrogen-bond acceptors (Lipinski definition) is 2. The van der Waals surface area contributed by atoms with E-state index in [1.54, 1.807) is 0 Å². The number of halogens is 1. The summed E-state index contributed by atoms with van der Waals surface area (Å²) in [5, 5.41) is 3.81. The number of carbonyl (C=O) groups is 1. The Kier molecular flexibility index (Phi) is 5.39. The second-order valence-electron chi connectivity index (χ2n) is 6.56. The van der Waals surface area contributed by atoms with Crippen molar-refractivity contribution in [2.24, 2.45) is 5.92 Å². The summed E-state index contributed by atoms with van der Waals surface area (Å²) in [7, 11) is 0. The van der Waals surface area contributed by atoms with Crippen LogP contribution >= 0.6 is 11.6 Å². The summed E-state index contributed by atoms with van der Waals surface area (Å²) in [6.07, 6.45) is 1.08. The van der Waals surface area contributed by atoms with Gasteiger partial charge in [0.05, 0.1) is 17.1 Å². The highest BCUT2D eigenvalue weighted by Gasteiger charge is 2.21. The van der Waals surface area contributed by atoms with E-state index in [4.69, 9.17) is 11.6 Å². The van der Waals surface area contributed by atoms with Crippen LogP contribution in [0.25, 0.3) is 11.0 Å². The number of hydrogen-bond donors (Lipinski definition) is 2. The van der Waals surface area contributed by atoms with Crippen LogP contribution < -0.4 is 5.32 Å². The van der Waals surface area contributed by atoms with Gasteiger partial charge >= 0.3 is 0 Å². The molecule has 0 saturated heterocycles. The molecule has 25 heavy (non-hydrogen) atoms. The SMILES string of the molecule is CC(C)C(NC(=O)CCc1cccc(Cl)c1)c1nc2ccccc2[nH]1. The molecule has 0 saturated carbocycles. The van der Waals surface area contributed by atoms with Crippen molar-refractivity contribution in [2.45, 2.75) is 32.7 Å². The van der Waals surface area contributed by atoms with Crippen LogP contribution in [0.1, 0.15) is 37.7 Å². The van der Waals surface area contributed by atoms with Crippen molar-refractivity contribution in [2.75, 3.05) is 0 Å². The zero-order valence-electron chi connectivity index (χ0n) is 14.4. The van der Waals surface area contributed by atoms with E-state index in [1.165, 1.54) is 0 Å². The summed E-state index contributed by atoms with van der Waals surface area (Å²) in [5.41, 5.74) is 2.96. The van der Waals surface area contributed by atoms with Crippen LogP contribution in [0.5, 0.6) is 0 Å². The van der Waals surface area contributed by atoms with E-state index in [-0.39, 0.29) is 17.9 Å². The quantitative estimate of drug-likeness (QED) is 0.675. The molecule has 5 heteroatoms. The normalized spacial score (nSPS) is 12.5. The highest BCUT2D eigenvalue weighted by atomic mass is 35.5. The van der Waals surface area contributed by atoms with Gasteiger partial charge in [-0.1, -0.05) is 49.7 Å². The lowest BCUT2D eigenvalue weighted by Crippen LogP contribution is -2.32. The number of nitrogens with zero attached hydrogens (tertiary/aromatic N) is 1. The molecule has 1 aromatic heterocycles. The van der Waals surface area contributed by atoms with Crippen LogP contribution in [0.3, 0.4) is 0 Å². The highest BCUT2D eigenvalue weighted by molar-refractivity contribution is 6.30. The summed E-state index contributed by atoms with van der Waals surface area (Å²) in [5.74, 6) is 1.04. The molecule has 130 valence electrons. The lowest BCUT2D eigenvalue weighted by atomic mass is 10.0.